The highest BCUT2D eigenvalue weighted by atomic mass is 32.1. The minimum Gasteiger partial charge on any atom is -0.493 e. The first-order chi connectivity index (χ1) is 18.4. The summed E-state index contributed by atoms with van der Waals surface area (Å²) in [5.74, 6) is 1.37. The van der Waals surface area contributed by atoms with Gasteiger partial charge in [0.05, 0.1) is 30.0 Å². The smallest absolute Gasteiger partial charge is 0.409 e. The average Bonchev–Trinajstić information content (AvgIpc) is 2.93. The lowest BCUT2D eigenvalue weighted by Gasteiger charge is -2.31. The standard InChI is InChI=1S/C29H30N2O6S/c1-35-29(34)31-16-4-5-21(18-31)19-36-22-12-14-24(15-13-22)37-23-10-8-20(9-11-23)17-27(38)30-26-7-3-2-6-25(26)28(32)33/h2-3,6-15,21H,4-5,16-19H2,1H3,(H,30,38)(H,32,33). The molecule has 0 spiro atoms. The molecule has 3 aromatic carbocycles. The zero-order chi connectivity index (χ0) is 26.9. The SMILES string of the molecule is COC(=O)N1CCCC(COc2ccc(Oc3ccc(CC(=S)Nc4ccccc4C(=O)O)cc3)cc2)C1. The second-order valence-corrected chi connectivity index (χ2v) is 9.52. The summed E-state index contributed by atoms with van der Waals surface area (Å²) in [5.41, 5.74) is 1.62. The Bertz CT molecular complexity index is 1260. The van der Waals surface area contributed by atoms with Crippen molar-refractivity contribution in [3.05, 3.63) is 83.9 Å². The molecule has 8 nitrogen and oxygen atoms in total. The van der Waals surface area contributed by atoms with Gasteiger partial charge in [-0.3, -0.25) is 0 Å². The topological polar surface area (TPSA) is 97.3 Å². The molecule has 198 valence electrons. The Kier molecular flexibility index (Phi) is 9.16. The Morgan fingerprint density at radius 2 is 1.66 bits per heavy atom. The van der Waals surface area contributed by atoms with Gasteiger partial charge in [0, 0.05) is 25.4 Å². The number of carbonyl (C=O) groups is 2. The molecule has 1 saturated heterocycles. The Morgan fingerprint density at radius 1 is 1.00 bits per heavy atom. The van der Waals surface area contributed by atoms with Crippen LogP contribution in [-0.2, 0) is 11.2 Å². The molecule has 1 aliphatic heterocycles. The highest BCUT2D eigenvalue weighted by Gasteiger charge is 2.24. The van der Waals surface area contributed by atoms with Gasteiger partial charge in [-0.15, -0.1) is 0 Å². The molecular weight excluding hydrogens is 504 g/mol. The van der Waals surface area contributed by atoms with Crippen molar-refractivity contribution in [2.24, 2.45) is 5.92 Å². The van der Waals surface area contributed by atoms with Gasteiger partial charge in [0.2, 0.25) is 0 Å². The number of likely N-dealkylation sites (tertiary alicyclic amines) is 1. The number of methoxy groups -OCH3 is 1. The number of anilines is 1. The van der Waals surface area contributed by atoms with E-state index >= 15 is 0 Å². The number of ether oxygens (including phenoxy) is 3. The molecule has 0 saturated carbocycles. The monoisotopic (exact) mass is 534 g/mol. The molecule has 0 radical (unpaired) electrons. The second kappa shape index (κ2) is 12.9. The number of thiocarbonyl (C=S) groups is 1. The van der Waals surface area contributed by atoms with E-state index in [4.69, 9.17) is 26.4 Å². The summed E-state index contributed by atoms with van der Waals surface area (Å²) in [7, 11) is 1.40. The number of nitrogens with zero attached hydrogens (tertiary/aromatic N) is 1. The maximum Gasteiger partial charge on any atom is 0.409 e. The number of hydrogen-bond acceptors (Lipinski definition) is 6. The molecule has 0 bridgehead atoms. The van der Waals surface area contributed by atoms with Crippen LogP contribution in [0.5, 0.6) is 17.2 Å². The summed E-state index contributed by atoms with van der Waals surface area (Å²) in [5, 5.41) is 12.4. The highest BCUT2D eigenvalue weighted by Crippen LogP contribution is 2.26. The van der Waals surface area contributed by atoms with E-state index in [0.29, 0.717) is 41.7 Å². The van der Waals surface area contributed by atoms with Crippen molar-refractivity contribution in [2.75, 3.05) is 32.1 Å². The van der Waals surface area contributed by atoms with Crippen LogP contribution in [0.3, 0.4) is 0 Å². The first-order valence-corrected chi connectivity index (χ1v) is 12.8. The number of carboxylic acid groups (broad SMARTS) is 1. The summed E-state index contributed by atoms with van der Waals surface area (Å²) in [6.45, 7) is 1.90. The quantitative estimate of drug-likeness (QED) is 0.322. The number of hydrogen-bond donors (Lipinski definition) is 2. The molecule has 0 aliphatic carbocycles. The molecule has 1 fully saturated rings. The van der Waals surface area contributed by atoms with Crippen molar-refractivity contribution in [2.45, 2.75) is 19.3 Å². The van der Waals surface area contributed by atoms with E-state index in [1.54, 1.807) is 23.1 Å². The molecule has 38 heavy (non-hydrogen) atoms. The number of carboxylic acids is 1. The second-order valence-electron chi connectivity index (χ2n) is 9.03. The Morgan fingerprint density at radius 3 is 2.34 bits per heavy atom. The van der Waals surface area contributed by atoms with Gasteiger partial charge in [-0.1, -0.05) is 36.5 Å². The van der Waals surface area contributed by atoms with Crippen molar-refractivity contribution in [1.29, 1.82) is 0 Å². The van der Waals surface area contributed by atoms with Crippen LogP contribution in [0.2, 0.25) is 0 Å². The van der Waals surface area contributed by atoms with E-state index in [1.807, 2.05) is 48.5 Å². The Balaban J connectivity index is 1.25. The van der Waals surface area contributed by atoms with E-state index < -0.39 is 5.97 Å². The maximum absolute atomic E-state index is 11.8. The molecule has 1 atom stereocenters. The number of rotatable bonds is 9. The fourth-order valence-corrected chi connectivity index (χ4v) is 4.56. The lowest BCUT2D eigenvalue weighted by atomic mass is 9.99. The number of piperidine rings is 1. The van der Waals surface area contributed by atoms with Crippen LogP contribution in [0.25, 0.3) is 0 Å². The van der Waals surface area contributed by atoms with Gasteiger partial charge in [-0.05, 0) is 66.9 Å². The Hall–Kier alpha value is -4.11. The van der Waals surface area contributed by atoms with E-state index in [0.717, 1.165) is 30.7 Å². The zero-order valence-electron chi connectivity index (χ0n) is 21.1. The number of benzene rings is 3. The summed E-state index contributed by atoms with van der Waals surface area (Å²) >= 11 is 5.43. The maximum atomic E-state index is 11.8. The van der Waals surface area contributed by atoms with E-state index in [-0.39, 0.29) is 17.6 Å². The van der Waals surface area contributed by atoms with Crippen molar-refractivity contribution in [3.8, 4) is 17.2 Å². The van der Waals surface area contributed by atoms with Crippen LogP contribution in [0, 0.1) is 5.92 Å². The van der Waals surface area contributed by atoms with Crippen molar-refractivity contribution in [3.63, 3.8) is 0 Å². The average molecular weight is 535 g/mol. The summed E-state index contributed by atoms with van der Waals surface area (Å²) in [6, 6.07) is 21.7. The van der Waals surface area contributed by atoms with Crippen LogP contribution in [0.4, 0.5) is 10.5 Å². The summed E-state index contributed by atoms with van der Waals surface area (Å²) < 4.78 is 16.7. The van der Waals surface area contributed by atoms with Crippen molar-refractivity contribution >= 4 is 35.0 Å². The molecule has 4 rings (SSSR count). The largest absolute Gasteiger partial charge is 0.493 e. The van der Waals surface area contributed by atoms with Crippen molar-refractivity contribution < 1.29 is 28.9 Å². The minimum atomic E-state index is -1.01. The van der Waals surface area contributed by atoms with Crippen LogP contribution in [-0.4, -0.2) is 53.9 Å². The number of para-hydroxylation sites is 1. The molecule has 1 amide bonds. The summed E-state index contributed by atoms with van der Waals surface area (Å²) in [4.78, 5) is 25.4. The molecule has 0 aromatic heterocycles. The predicted octanol–water partition coefficient (Wildman–Crippen LogP) is 6.02. The number of nitrogens with one attached hydrogen (secondary N) is 1. The molecule has 1 heterocycles. The normalized spacial score (nSPS) is 14.9. The van der Waals surface area contributed by atoms with Crippen LogP contribution < -0.4 is 14.8 Å². The number of amides is 1. The Labute approximate surface area is 227 Å². The first kappa shape index (κ1) is 26.9. The zero-order valence-corrected chi connectivity index (χ0v) is 21.9. The van der Waals surface area contributed by atoms with Gasteiger partial charge in [0.25, 0.3) is 0 Å². The van der Waals surface area contributed by atoms with Gasteiger partial charge < -0.3 is 29.5 Å². The van der Waals surface area contributed by atoms with Gasteiger partial charge in [0.1, 0.15) is 17.2 Å². The fraction of sp³-hybridized carbons (Fsp3) is 0.276. The summed E-state index contributed by atoms with van der Waals surface area (Å²) in [6.07, 6.45) is 2.13. The van der Waals surface area contributed by atoms with Gasteiger partial charge in [-0.25, -0.2) is 9.59 Å². The fourth-order valence-electron chi connectivity index (χ4n) is 4.28. The molecule has 1 unspecified atom stereocenters. The predicted molar refractivity (Wildman–Crippen MR) is 148 cm³/mol. The van der Waals surface area contributed by atoms with E-state index in [9.17, 15) is 14.7 Å². The molecule has 9 heteroatoms. The molecule has 2 N–H and O–H groups in total. The van der Waals surface area contributed by atoms with Gasteiger partial charge >= 0.3 is 12.1 Å². The lowest BCUT2D eigenvalue weighted by molar-refractivity contribution is 0.0697. The minimum absolute atomic E-state index is 0.175. The first-order valence-electron chi connectivity index (χ1n) is 12.4. The highest BCUT2D eigenvalue weighted by molar-refractivity contribution is 7.80. The molecular formula is C29H30N2O6S. The lowest BCUT2D eigenvalue weighted by Crippen LogP contribution is -2.41. The van der Waals surface area contributed by atoms with Crippen LogP contribution in [0.15, 0.2) is 72.8 Å². The third-order valence-corrected chi connectivity index (χ3v) is 6.46. The van der Waals surface area contributed by atoms with Crippen LogP contribution >= 0.6 is 12.2 Å². The number of aromatic carboxylic acids is 1. The van der Waals surface area contributed by atoms with E-state index in [2.05, 4.69) is 5.32 Å². The van der Waals surface area contributed by atoms with Crippen molar-refractivity contribution in [1.82, 2.24) is 4.90 Å². The van der Waals surface area contributed by atoms with Gasteiger partial charge in [-0.2, -0.15) is 0 Å². The van der Waals surface area contributed by atoms with Crippen LogP contribution in [0.1, 0.15) is 28.8 Å². The van der Waals surface area contributed by atoms with E-state index in [1.165, 1.54) is 13.2 Å². The molecule has 1 aliphatic rings. The third-order valence-electron chi connectivity index (χ3n) is 6.22. The third kappa shape index (κ3) is 7.45. The number of carbonyl (C=O) groups excluding carboxylic acids is 1. The molecule has 3 aromatic rings. The van der Waals surface area contributed by atoms with Gasteiger partial charge in [0.15, 0.2) is 0 Å².